The van der Waals surface area contributed by atoms with E-state index in [1.54, 1.807) is 0 Å². The predicted molar refractivity (Wildman–Crippen MR) is 249 cm³/mol. The third-order valence-electron chi connectivity index (χ3n) is 13.2. The van der Waals surface area contributed by atoms with Crippen LogP contribution < -0.4 is 0 Å². The molecule has 0 radical (unpaired) electrons. The first-order valence-electron chi connectivity index (χ1n) is 20.7. The van der Waals surface area contributed by atoms with Crippen LogP contribution in [-0.2, 0) is 5.41 Å². The third-order valence-corrected chi connectivity index (χ3v) is 13.2. The third kappa shape index (κ3) is 4.66. The minimum Gasteiger partial charge on any atom is -0.456 e. The van der Waals surface area contributed by atoms with Gasteiger partial charge >= 0.3 is 0 Å². The van der Waals surface area contributed by atoms with Crippen molar-refractivity contribution in [3.05, 3.63) is 199 Å². The molecule has 13 rings (SSSR count). The van der Waals surface area contributed by atoms with Crippen molar-refractivity contribution in [1.82, 2.24) is 4.57 Å². The van der Waals surface area contributed by atoms with Crippen molar-refractivity contribution < 1.29 is 8.83 Å². The number of para-hydroxylation sites is 3. The van der Waals surface area contributed by atoms with Crippen LogP contribution in [0.25, 0.3) is 116 Å². The van der Waals surface area contributed by atoms with Gasteiger partial charge in [-0.25, -0.2) is 0 Å². The minimum absolute atomic E-state index is 0.247. The van der Waals surface area contributed by atoms with Crippen LogP contribution >= 0.6 is 0 Å². The van der Waals surface area contributed by atoms with Crippen LogP contribution in [0.5, 0.6) is 0 Å². The Kier molecular flexibility index (Phi) is 6.78. The molecule has 0 saturated heterocycles. The number of aromatic nitrogens is 1. The van der Waals surface area contributed by atoms with Crippen LogP contribution in [0.3, 0.4) is 0 Å². The van der Waals surface area contributed by atoms with Gasteiger partial charge in [0.15, 0.2) is 0 Å². The molecule has 60 heavy (non-hydrogen) atoms. The predicted octanol–water partition coefficient (Wildman–Crippen LogP) is 15.9. The van der Waals surface area contributed by atoms with Gasteiger partial charge in [-0.1, -0.05) is 147 Å². The van der Waals surface area contributed by atoms with Crippen molar-refractivity contribution in [2.75, 3.05) is 0 Å². The average molecular weight is 768 g/mol. The van der Waals surface area contributed by atoms with Gasteiger partial charge in [0.1, 0.15) is 22.3 Å². The summed E-state index contributed by atoms with van der Waals surface area (Å²) in [6, 6.07) is 68.2. The number of nitrogens with zero attached hydrogens (tertiary/aromatic N) is 1. The van der Waals surface area contributed by atoms with Gasteiger partial charge in [0.25, 0.3) is 0 Å². The van der Waals surface area contributed by atoms with Gasteiger partial charge in [-0.05, 0) is 105 Å². The molecule has 1 aliphatic carbocycles. The average Bonchev–Trinajstić information content (AvgIpc) is 4.02. The second-order valence-electron chi connectivity index (χ2n) is 16.8. The Morgan fingerprint density at radius 3 is 1.77 bits per heavy atom. The topological polar surface area (TPSA) is 31.2 Å². The van der Waals surface area contributed by atoms with E-state index in [1.165, 1.54) is 77.1 Å². The minimum atomic E-state index is -0.247. The summed E-state index contributed by atoms with van der Waals surface area (Å²) in [7, 11) is 0. The summed E-state index contributed by atoms with van der Waals surface area (Å²) >= 11 is 0. The first kappa shape index (κ1) is 33.4. The van der Waals surface area contributed by atoms with Crippen LogP contribution in [0.2, 0.25) is 0 Å². The number of fused-ring (bicyclic) bond motifs is 13. The lowest BCUT2D eigenvalue weighted by Gasteiger charge is -2.23. The Balaban J connectivity index is 1.01. The van der Waals surface area contributed by atoms with E-state index in [9.17, 15) is 0 Å². The molecule has 0 N–H and O–H groups in total. The number of benzene rings is 9. The molecule has 9 aromatic carbocycles. The summed E-state index contributed by atoms with van der Waals surface area (Å²) in [5.41, 5.74) is 19.2. The van der Waals surface area contributed by atoms with Gasteiger partial charge in [-0.15, -0.1) is 0 Å². The fraction of sp³-hybridized carbons (Fsp3) is 0.0526. The SMILES string of the molecule is CC1(C)c2cc(-n3c4ccc(-c5ccc(-c6ccccc6)cc5)cc4c4cc(-c5cccc6c5oc5ccccc56)ccc43)ccc2-c2ccc3oc4ccccc4c3c21. The highest BCUT2D eigenvalue weighted by Gasteiger charge is 2.38. The molecule has 3 aromatic heterocycles. The number of hydrogen-bond acceptors (Lipinski definition) is 2. The Labute approximate surface area is 346 Å². The van der Waals surface area contributed by atoms with E-state index in [0.29, 0.717) is 0 Å². The lowest BCUT2D eigenvalue weighted by atomic mass is 9.80. The zero-order valence-electron chi connectivity index (χ0n) is 33.2. The van der Waals surface area contributed by atoms with Gasteiger partial charge in [0.2, 0.25) is 0 Å². The number of hydrogen-bond donors (Lipinski definition) is 0. The van der Waals surface area contributed by atoms with E-state index in [-0.39, 0.29) is 5.41 Å². The van der Waals surface area contributed by atoms with Crippen molar-refractivity contribution in [2.24, 2.45) is 0 Å². The molecule has 0 fully saturated rings. The largest absolute Gasteiger partial charge is 0.456 e. The normalized spacial score (nSPS) is 13.3. The zero-order valence-corrected chi connectivity index (χ0v) is 33.2. The van der Waals surface area contributed by atoms with E-state index in [4.69, 9.17) is 8.83 Å². The van der Waals surface area contributed by atoms with Crippen LogP contribution in [0.15, 0.2) is 197 Å². The summed E-state index contributed by atoms with van der Waals surface area (Å²) in [5.74, 6) is 0. The van der Waals surface area contributed by atoms with Crippen molar-refractivity contribution in [2.45, 2.75) is 19.3 Å². The molecule has 0 unspecified atom stereocenters. The maximum absolute atomic E-state index is 6.55. The summed E-state index contributed by atoms with van der Waals surface area (Å²) in [6.45, 7) is 4.74. The van der Waals surface area contributed by atoms with Gasteiger partial charge < -0.3 is 13.4 Å². The quantitative estimate of drug-likeness (QED) is 0.179. The Morgan fingerprint density at radius 1 is 0.383 bits per heavy atom. The molecule has 3 nitrogen and oxygen atoms in total. The van der Waals surface area contributed by atoms with Crippen LogP contribution in [0.4, 0.5) is 0 Å². The first-order valence-corrected chi connectivity index (χ1v) is 20.7. The smallest absolute Gasteiger partial charge is 0.143 e. The van der Waals surface area contributed by atoms with Gasteiger partial charge in [0, 0.05) is 49.0 Å². The molecular formula is C57H37NO2. The lowest BCUT2D eigenvalue weighted by Crippen LogP contribution is -2.15. The molecular weight excluding hydrogens is 731 g/mol. The van der Waals surface area contributed by atoms with Gasteiger partial charge in [-0.3, -0.25) is 0 Å². The van der Waals surface area contributed by atoms with Crippen molar-refractivity contribution in [3.63, 3.8) is 0 Å². The van der Waals surface area contributed by atoms with Crippen LogP contribution in [0.1, 0.15) is 25.0 Å². The highest BCUT2D eigenvalue weighted by atomic mass is 16.3. The van der Waals surface area contributed by atoms with Crippen molar-refractivity contribution >= 4 is 65.7 Å². The molecule has 282 valence electrons. The molecule has 1 aliphatic rings. The highest BCUT2D eigenvalue weighted by molar-refractivity contribution is 6.15. The maximum atomic E-state index is 6.55. The Hall–Kier alpha value is -7.62. The fourth-order valence-electron chi connectivity index (χ4n) is 10.4. The Bertz CT molecular complexity index is 3730. The highest BCUT2D eigenvalue weighted by Crippen LogP contribution is 2.54. The molecule has 0 bridgehead atoms. The monoisotopic (exact) mass is 767 g/mol. The summed E-state index contributed by atoms with van der Waals surface area (Å²) in [4.78, 5) is 0. The summed E-state index contributed by atoms with van der Waals surface area (Å²) < 4.78 is 15.4. The Morgan fingerprint density at radius 2 is 0.983 bits per heavy atom. The first-order chi connectivity index (χ1) is 29.5. The summed E-state index contributed by atoms with van der Waals surface area (Å²) in [6.07, 6.45) is 0. The number of rotatable bonds is 4. The molecule has 3 heterocycles. The van der Waals surface area contributed by atoms with E-state index in [1.807, 2.05) is 6.07 Å². The zero-order chi connectivity index (χ0) is 39.7. The molecule has 0 saturated carbocycles. The second kappa shape index (κ2) is 12.2. The second-order valence-corrected chi connectivity index (χ2v) is 16.8. The fourth-order valence-corrected chi connectivity index (χ4v) is 10.4. The molecule has 3 heteroatoms. The van der Waals surface area contributed by atoms with Crippen molar-refractivity contribution in [3.8, 4) is 50.2 Å². The van der Waals surface area contributed by atoms with E-state index in [0.717, 1.165) is 49.9 Å². The molecule has 0 spiro atoms. The van der Waals surface area contributed by atoms with E-state index < -0.39 is 0 Å². The van der Waals surface area contributed by atoms with E-state index >= 15 is 0 Å². The van der Waals surface area contributed by atoms with Gasteiger partial charge in [0.05, 0.1) is 11.0 Å². The number of furan rings is 2. The lowest BCUT2D eigenvalue weighted by molar-refractivity contribution is 0.656. The van der Waals surface area contributed by atoms with E-state index in [2.05, 4.69) is 200 Å². The molecule has 0 atom stereocenters. The maximum Gasteiger partial charge on any atom is 0.143 e. The summed E-state index contributed by atoms with van der Waals surface area (Å²) in [5, 5.41) is 7.08. The molecule has 0 aliphatic heterocycles. The van der Waals surface area contributed by atoms with Gasteiger partial charge in [-0.2, -0.15) is 0 Å². The standard InChI is InChI=1S/C57H37NO2/c1-57(2)48-33-39(25-26-41(48)43-27-30-53-54(55(43)57)45-14-7-9-18-52(45)59-53)58-49-28-23-37(36-21-19-35(20-22-36)34-11-4-3-5-12-34)31-46(49)47-32-38(24-29-50(47)58)40-15-10-16-44-42-13-6-8-17-51(42)60-56(40)44/h3-33H,1-2H3. The van der Waals surface area contributed by atoms with Crippen molar-refractivity contribution in [1.29, 1.82) is 0 Å². The van der Waals surface area contributed by atoms with Crippen LogP contribution in [0, 0.1) is 0 Å². The van der Waals surface area contributed by atoms with Crippen LogP contribution in [-0.4, -0.2) is 4.57 Å². The molecule has 12 aromatic rings. The molecule has 0 amide bonds.